The van der Waals surface area contributed by atoms with Gasteiger partial charge in [-0.3, -0.25) is 43.6 Å². The van der Waals surface area contributed by atoms with Crippen LogP contribution in [0.2, 0.25) is 0 Å². The Morgan fingerprint density at radius 2 is 0.482 bits per heavy atom. The highest BCUT2D eigenvalue weighted by Gasteiger charge is 2.42. The average Bonchev–Trinajstić information content (AvgIpc) is 3.38. The molecule has 0 unspecified atom stereocenters. The highest BCUT2D eigenvalue weighted by Crippen LogP contribution is 2.29. The van der Waals surface area contributed by atoms with E-state index in [9.17, 15) is 24.0 Å². The summed E-state index contributed by atoms with van der Waals surface area (Å²) in [6.45, 7) is 38.0. The fourth-order valence-electron chi connectivity index (χ4n) is 7.69. The highest BCUT2D eigenvalue weighted by atomic mass is 16.2. The van der Waals surface area contributed by atoms with Gasteiger partial charge in [0.1, 0.15) is 0 Å². The molecule has 0 spiro atoms. The summed E-state index contributed by atoms with van der Waals surface area (Å²) in [5.74, 6) is 0.0289. The molecule has 0 fully saturated rings. The first-order valence-electron chi connectivity index (χ1n) is 29.5. The topological polar surface area (TPSA) is 134 Å². The number of amides is 5. The monoisotopic (exact) mass is 1180 g/mol. The van der Waals surface area contributed by atoms with Crippen LogP contribution in [0.3, 0.4) is 0 Å². The van der Waals surface area contributed by atoms with Crippen LogP contribution in [0.1, 0.15) is 79.1 Å². The molecule has 0 N–H and O–H groups in total. The minimum absolute atomic E-state index is 0.0127. The summed E-state index contributed by atoms with van der Waals surface area (Å²) in [6, 6.07) is 0. The summed E-state index contributed by atoms with van der Waals surface area (Å²) in [5.41, 5.74) is -0.780. The molecule has 488 valence electrons. The number of hydrogen-bond donors (Lipinski definition) is 0. The second-order valence-electron chi connectivity index (χ2n) is 24.4. The van der Waals surface area contributed by atoms with Crippen LogP contribution >= 0.6 is 0 Å². The van der Waals surface area contributed by atoms with Crippen molar-refractivity contribution in [1.82, 2.24) is 73.5 Å². The van der Waals surface area contributed by atoms with E-state index in [4.69, 9.17) is 0 Å². The molecule has 83 heavy (non-hydrogen) atoms. The van der Waals surface area contributed by atoms with E-state index >= 15 is 0 Å². The molecule has 0 aromatic heterocycles. The maximum atomic E-state index is 12.2. The minimum atomic E-state index is -0.390. The van der Waals surface area contributed by atoms with E-state index in [0.717, 1.165) is 104 Å². The van der Waals surface area contributed by atoms with Crippen molar-refractivity contribution in [3.63, 3.8) is 0 Å². The second kappa shape index (κ2) is 50.9. The van der Waals surface area contributed by atoms with Crippen LogP contribution in [-0.4, -0.2) is 347 Å². The number of hydrogen-bond acceptors (Lipinski definition) is 15. The molecule has 0 aromatic carbocycles. The van der Waals surface area contributed by atoms with E-state index in [1.54, 1.807) is 4.90 Å². The van der Waals surface area contributed by atoms with Gasteiger partial charge in [-0.15, -0.1) is 0 Å². The van der Waals surface area contributed by atoms with Crippen LogP contribution in [0.15, 0.2) is 63.3 Å². The van der Waals surface area contributed by atoms with Crippen LogP contribution in [0.25, 0.3) is 0 Å². The molecule has 0 saturated carbocycles. The van der Waals surface area contributed by atoms with Crippen molar-refractivity contribution in [2.45, 2.75) is 90.4 Å². The van der Waals surface area contributed by atoms with Crippen LogP contribution in [-0.2, 0) is 24.0 Å². The zero-order valence-electron chi connectivity index (χ0n) is 58.2. The second-order valence-corrected chi connectivity index (χ2v) is 24.4. The van der Waals surface area contributed by atoms with Gasteiger partial charge in [-0.05, 0) is 264 Å². The Morgan fingerprint density at radius 1 is 0.265 bits per heavy atom. The van der Waals surface area contributed by atoms with Crippen molar-refractivity contribution in [3.05, 3.63) is 63.3 Å². The fraction of sp³-hybridized carbons (Fsp3) is 0.762. The van der Waals surface area contributed by atoms with E-state index in [-0.39, 0.29) is 40.9 Å². The summed E-state index contributed by atoms with van der Waals surface area (Å²) in [4.78, 5) is 88.5. The minimum Gasteiger partial charge on any atom is -0.339 e. The van der Waals surface area contributed by atoms with Crippen LogP contribution in [0.5, 0.6) is 0 Å². The predicted molar refractivity (Wildman–Crippen MR) is 355 cm³/mol. The molecule has 0 heterocycles. The smallest absolute Gasteiger partial charge is 0.248 e. The fourth-order valence-corrected chi connectivity index (χ4v) is 7.69. The maximum Gasteiger partial charge on any atom is 0.248 e. The standard InChI is InChI=1S/C17H35N3O.2C13H27N3O.C11H23N3O.C9H19N3O/c1-6-17(21)20(15-11-7-9-13-18(2)3)16-12-8-10-14-19(4)5;1-10-11(17)16(12(2,3)14(6)7)13(4,5)15(8)9;1-6-13(17)16(11-7-9-14(2)3)12-8-10-15(4)5;1-6-11(15)14(9-7-12(2)3)10-8-13(4)5;1-6-9(13)12(7-10(2)3)8-11(4)5/h6H,1,7-16H2,2-5H3;10H,1H2,2-9H3;6H,1,7-12H2,2-5H3;6H,1,7-10H2,2-5H3;6H,1,7-8H2,2-5H3. The van der Waals surface area contributed by atoms with Gasteiger partial charge >= 0.3 is 0 Å². The van der Waals surface area contributed by atoms with Crippen molar-refractivity contribution in [1.29, 1.82) is 0 Å². The lowest BCUT2D eigenvalue weighted by Gasteiger charge is -2.53. The molecule has 0 aliphatic rings. The summed E-state index contributed by atoms with van der Waals surface area (Å²) in [7, 11) is 40.2. The van der Waals surface area contributed by atoms with E-state index in [1.807, 2.05) is 180 Å². The van der Waals surface area contributed by atoms with Crippen molar-refractivity contribution >= 4 is 29.5 Å². The van der Waals surface area contributed by atoms with Gasteiger partial charge in [0.2, 0.25) is 29.5 Å². The molecule has 0 rings (SSSR count). The predicted octanol–water partition coefficient (Wildman–Crippen LogP) is 5.13. The molecule has 5 amide bonds. The van der Waals surface area contributed by atoms with Gasteiger partial charge in [-0.1, -0.05) is 45.7 Å². The van der Waals surface area contributed by atoms with Gasteiger partial charge in [0.25, 0.3) is 0 Å². The van der Waals surface area contributed by atoms with E-state index < -0.39 is 0 Å². The maximum absolute atomic E-state index is 12.2. The molecular formula is C63H131N15O5. The lowest BCUT2D eigenvalue weighted by Crippen LogP contribution is -2.67. The van der Waals surface area contributed by atoms with E-state index in [1.165, 1.54) is 56.1 Å². The SMILES string of the molecule is C=CC(=O)N(C(C)(C)N(C)C)C(C)(C)N(C)C.C=CC(=O)N(CCCCCN(C)C)CCCCCN(C)C.C=CC(=O)N(CCCN(C)C)CCCN(C)C.C=CC(=O)N(CCN(C)C)CCN(C)C.C=CC(=O)N(CN(C)C)CN(C)C. The lowest BCUT2D eigenvalue weighted by molar-refractivity contribution is -0.161. The van der Waals surface area contributed by atoms with Gasteiger partial charge in [0.05, 0.1) is 24.7 Å². The zero-order chi connectivity index (χ0) is 65.6. The van der Waals surface area contributed by atoms with Gasteiger partial charge in [0.15, 0.2) is 0 Å². The Morgan fingerprint density at radius 3 is 0.711 bits per heavy atom. The van der Waals surface area contributed by atoms with Crippen molar-refractivity contribution in [3.8, 4) is 0 Å². The molecule has 20 nitrogen and oxygen atoms in total. The Kier molecular flexibility index (Phi) is 53.6. The first-order valence-corrected chi connectivity index (χ1v) is 29.5. The quantitative estimate of drug-likeness (QED) is 0.0458. The van der Waals surface area contributed by atoms with Gasteiger partial charge < -0.3 is 53.9 Å². The number of carbonyl (C=O) groups excluding carboxylic acids is 5. The molecule has 0 bridgehead atoms. The van der Waals surface area contributed by atoms with Crippen LogP contribution < -0.4 is 0 Å². The Balaban J connectivity index is -0.000000308. The van der Waals surface area contributed by atoms with Crippen molar-refractivity contribution in [2.24, 2.45) is 0 Å². The molecule has 20 heteroatoms. The summed E-state index contributed by atoms with van der Waals surface area (Å²) < 4.78 is 0. The third-order valence-corrected chi connectivity index (χ3v) is 13.3. The largest absolute Gasteiger partial charge is 0.339 e. The molecule has 0 aliphatic heterocycles. The summed E-state index contributed by atoms with van der Waals surface area (Å²) in [5, 5.41) is 0. The highest BCUT2D eigenvalue weighted by molar-refractivity contribution is 5.89. The first-order chi connectivity index (χ1) is 38.4. The number of nitrogens with zero attached hydrogens (tertiary/aromatic N) is 15. The number of rotatable bonds is 39. The van der Waals surface area contributed by atoms with E-state index in [2.05, 4.69) is 90.5 Å². The van der Waals surface area contributed by atoms with Crippen LogP contribution in [0.4, 0.5) is 0 Å². The van der Waals surface area contributed by atoms with Crippen molar-refractivity contribution in [2.75, 3.05) is 233 Å². The molecule has 0 atom stereocenters. The van der Waals surface area contributed by atoms with Gasteiger partial charge in [-0.25, -0.2) is 0 Å². The zero-order valence-corrected chi connectivity index (χ0v) is 58.2. The molecule has 0 aromatic rings. The molecular weight excluding hydrogens is 1050 g/mol. The number of unbranched alkanes of at least 4 members (excludes halogenated alkanes) is 4. The normalized spacial score (nSPS) is 11.3. The number of likely N-dealkylation sites (N-methyl/N-ethyl adjacent to an activating group) is 2. The molecule has 0 radical (unpaired) electrons. The summed E-state index contributed by atoms with van der Waals surface area (Å²) in [6.07, 6.45) is 15.9. The van der Waals surface area contributed by atoms with Gasteiger partial charge in [-0.2, -0.15) is 0 Å². The van der Waals surface area contributed by atoms with Gasteiger partial charge in [0, 0.05) is 52.4 Å². The lowest BCUT2D eigenvalue weighted by atomic mass is 10.0. The Hall–Kier alpha value is -4.35. The Labute approximate surface area is 511 Å². The third-order valence-electron chi connectivity index (χ3n) is 13.3. The number of carbonyl (C=O) groups is 5. The summed E-state index contributed by atoms with van der Waals surface area (Å²) >= 11 is 0. The third kappa shape index (κ3) is 48.6. The van der Waals surface area contributed by atoms with E-state index in [0.29, 0.717) is 13.3 Å². The van der Waals surface area contributed by atoms with Crippen molar-refractivity contribution < 1.29 is 24.0 Å². The van der Waals surface area contributed by atoms with Crippen LogP contribution in [0, 0.1) is 0 Å². The average molecular weight is 1180 g/mol. The first kappa shape index (κ1) is 87.4. The molecule has 0 saturated heterocycles. The molecule has 0 aliphatic carbocycles. The Bertz CT molecular complexity index is 1670.